The van der Waals surface area contributed by atoms with Gasteiger partial charge in [-0.15, -0.1) is 0 Å². The third kappa shape index (κ3) is 6.28. The standard InChI is InChI=1S/C18H34O2/c1-17(2)12-8-6-4-5-7-9-14-18(3,16(19)20)15-11-10-13-17/h4-15H2,1-3H3,(H,19,20). The van der Waals surface area contributed by atoms with Gasteiger partial charge in [-0.1, -0.05) is 65.2 Å². The first-order valence-electron chi connectivity index (χ1n) is 8.59. The average Bonchev–Trinajstić information content (AvgIpc) is 2.37. The molecule has 0 bridgehead atoms. The number of hydrogen-bond acceptors (Lipinski definition) is 1. The molecule has 1 atom stereocenters. The van der Waals surface area contributed by atoms with E-state index in [1.54, 1.807) is 0 Å². The first-order chi connectivity index (χ1) is 9.36. The second-order valence-corrected chi connectivity index (χ2v) is 7.86. The predicted molar refractivity (Wildman–Crippen MR) is 84.9 cm³/mol. The molecule has 0 aromatic heterocycles. The lowest BCUT2D eigenvalue weighted by molar-refractivity contribution is -0.149. The number of aliphatic carboxylic acids is 1. The van der Waals surface area contributed by atoms with Crippen molar-refractivity contribution in [2.45, 2.75) is 97.8 Å². The fourth-order valence-corrected chi connectivity index (χ4v) is 3.41. The number of carboxylic acids is 1. The summed E-state index contributed by atoms with van der Waals surface area (Å²) < 4.78 is 0. The smallest absolute Gasteiger partial charge is 0.309 e. The van der Waals surface area contributed by atoms with Gasteiger partial charge in [-0.3, -0.25) is 4.79 Å². The summed E-state index contributed by atoms with van der Waals surface area (Å²) in [6.45, 7) is 6.69. The van der Waals surface area contributed by atoms with Crippen LogP contribution in [-0.4, -0.2) is 11.1 Å². The largest absolute Gasteiger partial charge is 0.481 e. The van der Waals surface area contributed by atoms with Crippen molar-refractivity contribution in [3.05, 3.63) is 0 Å². The van der Waals surface area contributed by atoms with E-state index in [0.717, 1.165) is 25.7 Å². The SMILES string of the molecule is CC1(C)CCCCCCCCC(C)(C(=O)O)CCCC1. The maximum absolute atomic E-state index is 11.5. The van der Waals surface area contributed by atoms with E-state index < -0.39 is 11.4 Å². The highest BCUT2D eigenvalue weighted by atomic mass is 16.4. The van der Waals surface area contributed by atoms with Gasteiger partial charge >= 0.3 is 5.97 Å². The van der Waals surface area contributed by atoms with Crippen LogP contribution < -0.4 is 0 Å². The van der Waals surface area contributed by atoms with Gasteiger partial charge < -0.3 is 5.11 Å². The topological polar surface area (TPSA) is 37.3 Å². The van der Waals surface area contributed by atoms with Gasteiger partial charge in [-0.2, -0.15) is 0 Å². The van der Waals surface area contributed by atoms with Gasteiger partial charge in [-0.05, 0) is 38.0 Å². The second kappa shape index (κ2) is 8.05. The van der Waals surface area contributed by atoms with Crippen LogP contribution in [0.5, 0.6) is 0 Å². The molecule has 20 heavy (non-hydrogen) atoms. The van der Waals surface area contributed by atoms with E-state index >= 15 is 0 Å². The number of rotatable bonds is 1. The molecule has 1 rings (SSSR count). The van der Waals surface area contributed by atoms with E-state index in [2.05, 4.69) is 13.8 Å². The molecule has 1 saturated carbocycles. The van der Waals surface area contributed by atoms with Crippen LogP contribution in [0.25, 0.3) is 0 Å². The monoisotopic (exact) mass is 282 g/mol. The van der Waals surface area contributed by atoms with Crippen LogP contribution in [0.1, 0.15) is 97.8 Å². The lowest BCUT2D eigenvalue weighted by Crippen LogP contribution is -2.27. The third-order valence-corrected chi connectivity index (χ3v) is 5.18. The van der Waals surface area contributed by atoms with Crippen LogP contribution in [0.3, 0.4) is 0 Å². The fraction of sp³-hybridized carbons (Fsp3) is 0.944. The van der Waals surface area contributed by atoms with Crippen molar-refractivity contribution >= 4 is 5.97 Å². The minimum atomic E-state index is -0.594. The quantitative estimate of drug-likeness (QED) is 0.660. The third-order valence-electron chi connectivity index (χ3n) is 5.18. The van der Waals surface area contributed by atoms with Crippen LogP contribution in [0.2, 0.25) is 0 Å². The Balaban J connectivity index is 2.55. The summed E-state index contributed by atoms with van der Waals surface area (Å²) in [4.78, 5) is 11.5. The maximum Gasteiger partial charge on any atom is 0.309 e. The Kier molecular flexibility index (Phi) is 7.05. The Morgan fingerprint density at radius 3 is 1.55 bits per heavy atom. The minimum absolute atomic E-state index is 0.434. The van der Waals surface area contributed by atoms with Crippen molar-refractivity contribution in [2.75, 3.05) is 0 Å². The Hall–Kier alpha value is -0.530. The normalized spacial score (nSPS) is 30.4. The lowest BCUT2D eigenvalue weighted by atomic mass is 9.77. The lowest BCUT2D eigenvalue weighted by Gasteiger charge is -2.28. The Bertz CT molecular complexity index is 296. The van der Waals surface area contributed by atoms with Gasteiger partial charge in [0.25, 0.3) is 0 Å². The molecule has 0 aromatic carbocycles. The first kappa shape index (κ1) is 17.5. The molecule has 2 heteroatoms. The van der Waals surface area contributed by atoms with Crippen molar-refractivity contribution in [3.63, 3.8) is 0 Å². The fourth-order valence-electron chi connectivity index (χ4n) is 3.41. The summed E-state index contributed by atoms with van der Waals surface area (Å²) >= 11 is 0. The van der Waals surface area contributed by atoms with E-state index in [1.165, 1.54) is 51.4 Å². The Morgan fingerprint density at radius 2 is 1.05 bits per heavy atom. The number of carboxylic acid groups (broad SMARTS) is 1. The van der Waals surface area contributed by atoms with E-state index in [1.807, 2.05) is 6.92 Å². The van der Waals surface area contributed by atoms with Gasteiger partial charge in [-0.25, -0.2) is 0 Å². The van der Waals surface area contributed by atoms with E-state index in [9.17, 15) is 9.90 Å². The summed E-state index contributed by atoms with van der Waals surface area (Å²) in [5.74, 6) is -0.594. The highest BCUT2D eigenvalue weighted by molar-refractivity contribution is 5.74. The molecule has 2 nitrogen and oxygen atoms in total. The molecular weight excluding hydrogens is 248 g/mol. The molecule has 118 valence electrons. The minimum Gasteiger partial charge on any atom is -0.481 e. The van der Waals surface area contributed by atoms with E-state index in [0.29, 0.717) is 5.41 Å². The number of hydrogen-bond donors (Lipinski definition) is 1. The van der Waals surface area contributed by atoms with Crippen LogP contribution >= 0.6 is 0 Å². The molecular formula is C18H34O2. The molecule has 1 aliphatic carbocycles. The van der Waals surface area contributed by atoms with Gasteiger partial charge in [0, 0.05) is 0 Å². The van der Waals surface area contributed by atoms with Crippen molar-refractivity contribution in [2.24, 2.45) is 10.8 Å². The van der Waals surface area contributed by atoms with E-state index in [-0.39, 0.29) is 0 Å². The van der Waals surface area contributed by atoms with Gasteiger partial charge in [0.15, 0.2) is 0 Å². The summed E-state index contributed by atoms with van der Waals surface area (Å²) in [7, 11) is 0. The summed E-state index contributed by atoms with van der Waals surface area (Å²) in [6, 6.07) is 0. The van der Waals surface area contributed by atoms with Crippen molar-refractivity contribution in [3.8, 4) is 0 Å². The van der Waals surface area contributed by atoms with Crippen molar-refractivity contribution < 1.29 is 9.90 Å². The predicted octanol–water partition coefficient (Wildman–Crippen LogP) is 5.80. The summed E-state index contributed by atoms with van der Waals surface area (Å²) in [6.07, 6.45) is 14.1. The molecule has 0 spiro atoms. The zero-order valence-electron chi connectivity index (χ0n) is 13.8. The van der Waals surface area contributed by atoms with Crippen LogP contribution in [0.15, 0.2) is 0 Å². The Morgan fingerprint density at radius 1 is 0.700 bits per heavy atom. The second-order valence-electron chi connectivity index (χ2n) is 7.86. The van der Waals surface area contributed by atoms with Gasteiger partial charge in [0.05, 0.1) is 5.41 Å². The highest BCUT2D eigenvalue weighted by Gasteiger charge is 2.32. The van der Waals surface area contributed by atoms with Gasteiger partial charge in [0.2, 0.25) is 0 Å². The van der Waals surface area contributed by atoms with Gasteiger partial charge in [0.1, 0.15) is 0 Å². The average molecular weight is 282 g/mol. The van der Waals surface area contributed by atoms with Crippen LogP contribution in [0, 0.1) is 10.8 Å². The van der Waals surface area contributed by atoms with Crippen LogP contribution in [0.4, 0.5) is 0 Å². The maximum atomic E-state index is 11.5. The highest BCUT2D eigenvalue weighted by Crippen LogP contribution is 2.35. The zero-order chi connectivity index (χ0) is 15.1. The molecule has 0 amide bonds. The number of carbonyl (C=O) groups is 1. The molecule has 1 N–H and O–H groups in total. The molecule has 0 aromatic rings. The molecule has 0 radical (unpaired) electrons. The molecule has 0 heterocycles. The molecule has 0 saturated heterocycles. The molecule has 0 aliphatic heterocycles. The molecule has 1 unspecified atom stereocenters. The molecule has 1 fully saturated rings. The Labute approximate surface area is 125 Å². The first-order valence-corrected chi connectivity index (χ1v) is 8.59. The molecule has 1 aliphatic rings. The van der Waals surface area contributed by atoms with Crippen LogP contribution in [-0.2, 0) is 4.79 Å². The van der Waals surface area contributed by atoms with E-state index in [4.69, 9.17) is 0 Å². The van der Waals surface area contributed by atoms with Crippen molar-refractivity contribution in [1.82, 2.24) is 0 Å². The summed E-state index contributed by atoms with van der Waals surface area (Å²) in [5, 5.41) is 9.51. The van der Waals surface area contributed by atoms with Crippen molar-refractivity contribution in [1.29, 1.82) is 0 Å². The summed E-state index contributed by atoms with van der Waals surface area (Å²) in [5.41, 5.74) is -0.0575. The zero-order valence-corrected chi connectivity index (χ0v) is 13.8.